The van der Waals surface area contributed by atoms with Crippen LogP contribution in [0.1, 0.15) is 48.2 Å². The van der Waals surface area contributed by atoms with E-state index in [-0.39, 0.29) is 17.8 Å². The van der Waals surface area contributed by atoms with E-state index in [0.717, 1.165) is 36.1 Å². The molecule has 0 aliphatic heterocycles. The molecule has 9 heteroatoms. The molecule has 1 fully saturated rings. The van der Waals surface area contributed by atoms with Gasteiger partial charge in [0.25, 0.3) is 0 Å². The molecule has 37 heavy (non-hydrogen) atoms. The van der Waals surface area contributed by atoms with Crippen LogP contribution in [0.4, 0.5) is 5.69 Å². The van der Waals surface area contributed by atoms with Crippen LogP contribution >= 0.6 is 11.6 Å². The van der Waals surface area contributed by atoms with E-state index in [1.807, 2.05) is 24.3 Å². The first-order valence-electron chi connectivity index (χ1n) is 12.2. The molecule has 0 radical (unpaired) electrons. The molecule has 4 aromatic rings. The van der Waals surface area contributed by atoms with Crippen molar-refractivity contribution in [3.63, 3.8) is 0 Å². The fourth-order valence-electron chi connectivity index (χ4n) is 4.23. The van der Waals surface area contributed by atoms with Gasteiger partial charge >= 0.3 is 5.97 Å². The van der Waals surface area contributed by atoms with Crippen molar-refractivity contribution in [3.8, 4) is 16.8 Å². The topological polar surface area (TPSA) is 99.0 Å². The molecule has 1 unspecified atom stereocenters. The zero-order chi connectivity index (χ0) is 25.8. The largest absolute Gasteiger partial charge is 0.462 e. The SMILES string of the molecule is CCOC(=O)c1ccc(NC(=O)C(CC2CC2)c2ccc(-c3cc(Cl)ccc3-n3ccnn3)cn2)cc1. The first kappa shape index (κ1) is 24.6. The molecule has 0 bridgehead atoms. The van der Waals surface area contributed by atoms with Crippen LogP contribution in [0.25, 0.3) is 16.8 Å². The molecule has 8 nitrogen and oxygen atoms in total. The molecule has 1 amide bonds. The molecule has 1 saturated carbocycles. The minimum Gasteiger partial charge on any atom is -0.462 e. The van der Waals surface area contributed by atoms with Crippen molar-refractivity contribution in [1.82, 2.24) is 20.0 Å². The summed E-state index contributed by atoms with van der Waals surface area (Å²) in [6.45, 7) is 2.07. The van der Waals surface area contributed by atoms with Crippen LogP contribution in [0.5, 0.6) is 0 Å². The predicted molar refractivity (Wildman–Crippen MR) is 141 cm³/mol. The minimum absolute atomic E-state index is 0.123. The van der Waals surface area contributed by atoms with E-state index in [1.54, 1.807) is 60.5 Å². The summed E-state index contributed by atoms with van der Waals surface area (Å²) in [6.07, 6.45) is 8.14. The lowest BCUT2D eigenvalue weighted by Gasteiger charge is -2.17. The number of amides is 1. The first-order chi connectivity index (χ1) is 18.0. The highest BCUT2D eigenvalue weighted by atomic mass is 35.5. The van der Waals surface area contributed by atoms with Gasteiger partial charge < -0.3 is 10.1 Å². The molecule has 0 spiro atoms. The second kappa shape index (κ2) is 10.9. The summed E-state index contributed by atoms with van der Waals surface area (Å²) < 4.78 is 6.70. The average molecular weight is 516 g/mol. The summed E-state index contributed by atoms with van der Waals surface area (Å²) >= 11 is 6.29. The van der Waals surface area contributed by atoms with Gasteiger partial charge in [0.1, 0.15) is 0 Å². The molecule has 2 aromatic carbocycles. The maximum Gasteiger partial charge on any atom is 0.338 e. The smallest absolute Gasteiger partial charge is 0.338 e. The lowest BCUT2D eigenvalue weighted by Crippen LogP contribution is -2.22. The summed E-state index contributed by atoms with van der Waals surface area (Å²) in [5.74, 6) is -0.374. The van der Waals surface area contributed by atoms with Gasteiger partial charge in [-0.3, -0.25) is 9.78 Å². The van der Waals surface area contributed by atoms with E-state index in [4.69, 9.17) is 21.3 Å². The van der Waals surface area contributed by atoms with Gasteiger partial charge in [0.2, 0.25) is 5.91 Å². The number of rotatable bonds is 9. The lowest BCUT2D eigenvalue weighted by atomic mass is 9.95. The molecular weight excluding hydrogens is 490 g/mol. The number of halogens is 1. The Bertz CT molecular complexity index is 1380. The van der Waals surface area contributed by atoms with Crippen molar-refractivity contribution >= 4 is 29.2 Å². The number of benzene rings is 2. The normalized spacial score (nSPS) is 13.7. The van der Waals surface area contributed by atoms with Crippen molar-refractivity contribution in [2.24, 2.45) is 5.92 Å². The summed E-state index contributed by atoms with van der Waals surface area (Å²) in [5.41, 5.74) is 4.32. The van der Waals surface area contributed by atoms with Gasteiger partial charge in [-0.2, -0.15) is 0 Å². The highest BCUT2D eigenvalue weighted by molar-refractivity contribution is 6.31. The van der Waals surface area contributed by atoms with E-state index < -0.39 is 0 Å². The van der Waals surface area contributed by atoms with Gasteiger partial charge in [0.15, 0.2) is 0 Å². The van der Waals surface area contributed by atoms with E-state index in [2.05, 4.69) is 15.6 Å². The average Bonchev–Trinajstić information content (AvgIpc) is 3.57. The number of carbonyl (C=O) groups is 2. The van der Waals surface area contributed by atoms with E-state index in [9.17, 15) is 9.59 Å². The summed E-state index contributed by atoms with van der Waals surface area (Å²) in [5, 5.41) is 11.6. The third-order valence-electron chi connectivity index (χ3n) is 6.33. The van der Waals surface area contributed by atoms with Crippen LogP contribution in [0.15, 0.2) is 73.2 Å². The molecule has 2 heterocycles. The van der Waals surface area contributed by atoms with Crippen molar-refractivity contribution in [3.05, 3.63) is 89.5 Å². The number of ether oxygens (including phenoxy) is 1. The molecule has 0 saturated heterocycles. The van der Waals surface area contributed by atoms with Gasteiger partial charge in [-0.15, -0.1) is 5.10 Å². The standard InChI is InChI=1S/C28H26ClN5O3/c1-2-37-28(36)19-5-9-22(10-6-19)32-27(35)24(15-18-3-4-18)25-11-7-20(17-30-25)23-16-21(29)8-12-26(23)34-14-13-31-33-34/h5-14,16-18,24H,2-4,15H2,1H3,(H,32,35). The monoisotopic (exact) mass is 515 g/mol. The Kier molecular flexibility index (Phi) is 7.28. The number of hydrogen-bond donors (Lipinski definition) is 1. The number of nitrogens with one attached hydrogen (secondary N) is 1. The zero-order valence-corrected chi connectivity index (χ0v) is 21.1. The minimum atomic E-state index is -0.388. The van der Waals surface area contributed by atoms with Crippen LogP contribution < -0.4 is 5.32 Å². The maximum atomic E-state index is 13.3. The maximum absolute atomic E-state index is 13.3. The quantitative estimate of drug-likeness (QED) is 0.288. The van der Waals surface area contributed by atoms with Crippen molar-refractivity contribution in [1.29, 1.82) is 0 Å². The number of carbonyl (C=O) groups excluding carboxylic acids is 2. The molecule has 1 atom stereocenters. The fraction of sp³-hybridized carbons (Fsp3) is 0.250. The predicted octanol–water partition coefficient (Wildman–Crippen LogP) is 5.68. The van der Waals surface area contributed by atoms with Crippen LogP contribution in [0, 0.1) is 5.92 Å². The summed E-state index contributed by atoms with van der Waals surface area (Å²) in [6, 6.07) is 16.1. The molecule has 1 aliphatic rings. The molecule has 5 rings (SSSR count). The second-order valence-electron chi connectivity index (χ2n) is 9.00. The number of pyridine rings is 1. The Balaban J connectivity index is 1.37. The van der Waals surface area contributed by atoms with Crippen molar-refractivity contribution < 1.29 is 14.3 Å². The van der Waals surface area contributed by atoms with Crippen LogP contribution in [0.3, 0.4) is 0 Å². The molecule has 2 aromatic heterocycles. The number of hydrogen-bond acceptors (Lipinski definition) is 6. The van der Waals surface area contributed by atoms with Gasteiger partial charge in [-0.05, 0) is 67.8 Å². The summed E-state index contributed by atoms with van der Waals surface area (Å²) in [7, 11) is 0. The Morgan fingerprint density at radius 2 is 1.95 bits per heavy atom. The third kappa shape index (κ3) is 5.86. The number of anilines is 1. The molecule has 188 valence electrons. The highest BCUT2D eigenvalue weighted by Gasteiger charge is 2.31. The molecule has 1 N–H and O–H groups in total. The van der Waals surface area contributed by atoms with Gasteiger partial charge in [0, 0.05) is 28.0 Å². The second-order valence-corrected chi connectivity index (χ2v) is 9.44. The zero-order valence-electron chi connectivity index (χ0n) is 20.3. The van der Waals surface area contributed by atoms with Crippen LogP contribution in [-0.4, -0.2) is 38.5 Å². The van der Waals surface area contributed by atoms with E-state index in [0.29, 0.717) is 34.5 Å². The Morgan fingerprint density at radius 3 is 2.59 bits per heavy atom. The Labute approximate surface area is 219 Å². The molecular formula is C28H26ClN5O3. The van der Waals surface area contributed by atoms with Gasteiger partial charge in [-0.25, -0.2) is 9.48 Å². The first-order valence-corrected chi connectivity index (χ1v) is 12.6. The Morgan fingerprint density at radius 1 is 1.14 bits per heavy atom. The summed E-state index contributed by atoms with van der Waals surface area (Å²) in [4.78, 5) is 29.9. The van der Waals surface area contributed by atoms with Gasteiger partial charge in [-0.1, -0.05) is 35.7 Å². The lowest BCUT2D eigenvalue weighted by molar-refractivity contribution is -0.117. The highest BCUT2D eigenvalue weighted by Crippen LogP contribution is 2.39. The van der Waals surface area contributed by atoms with Crippen molar-refractivity contribution in [2.45, 2.75) is 32.1 Å². The van der Waals surface area contributed by atoms with E-state index >= 15 is 0 Å². The van der Waals surface area contributed by atoms with Crippen LogP contribution in [-0.2, 0) is 9.53 Å². The fourth-order valence-corrected chi connectivity index (χ4v) is 4.40. The van der Waals surface area contributed by atoms with Crippen LogP contribution in [0.2, 0.25) is 5.02 Å². The number of aromatic nitrogens is 4. The number of nitrogens with zero attached hydrogens (tertiary/aromatic N) is 4. The van der Waals surface area contributed by atoms with E-state index in [1.165, 1.54) is 0 Å². The Hall–Kier alpha value is -4.04. The molecule has 1 aliphatic carbocycles. The van der Waals surface area contributed by atoms with Gasteiger partial charge in [0.05, 0.1) is 41.9 Å². The third-order valence-corrected chi connectivity index (χ3v) is 6.56. The van der Waals surface area contributed by atoms with Crippen molar-refractivity contribution in [2.75, 3.05) is 11.9 Å². The number of esters is 1.